The Morgan fingerprint density at radius 2 is 2.04 bits per heavy atom. The topological polar surface area (TPSA) is 54.9 Å². The van der Waals surface area contributed by atoms with Gasteiger partial charge in [0.05, 0.1) is 10.2 Å². The van der Waals surface area contributed by atoms with Gasteiger partial charge in [0.15, 0.2) is 0 Å². The lowest BCUT2D eigenvalue weighted by Gasteiger charge is -2.20. The molecule has 1 heterocycles. The molecule has 1 N–H and O–H groups in total. The van der Waals surface area contributed by atoms with Gasteiger partial charge < -0.3 is 9.88 Å². The third-order valence-corrected chi connectivity index (χ3v) is 6.41. The fourth-order valence-corrected chi connectivity index (χ4v) is 4.98. The van der Waals surface area contributed by atoms with E-state index in [0.717, 1.165) is 16.6 Å². The van der Waals surface area contributed by atoms with Crippen molar-refractivity contribution in [1.82, 2.24) is 9.97 Å². The van der Waals surface area contributed by atoms with Crippen molar-refractivity contribution in [3.8, 4) is 0 Å². The smallest absolute Gasteiger partial charge is 0.224 e. The van der Waals surface area contributed by atoms with E-state index in [1.54, 1.807) is 19.5 Å². The number of aromatic nitrogens is 2. The normalized spacial score (nSPS) is 14.8. The monoisotopic (exact) mass is 413 g/mol. The summed E-state index contributed by atoms with van der Waals surface area (Å²) in [6.07, 6.45) is 4.04. The van der Waals surface area contributed by atoms with Crippen LogP contribution in [0.2, 0.25) is 5.28 Å². The van der Waals surface area contributed by atoms with Gasteiger partial charge in [0.25, 0.3) is 0 Å². The van der Waals surface area contributed by atoms with Gasteiger partial charge in [-0.3, -0.25) is 0 Å². The van der Waals surface area contributed by atoms with Gasteiger partial charge in [0.1, 0.15) is 13.0 Å². The fourth-order valence-electron chi connectivity index (χ4n) is 2.91. The molecule has 1 fully saturated rings. The second kappa shape index (κ2) is 6.19. The van der Waals surface area contributed by atoms with Crippen molar-refractivity contribution >= 4 is 51.5 Å². The Hall–Kier alpha value is -0.900. The predicted molar refractivity (Wildman–Crippen MR) is 100 cm³/mol. The molecule has 1 aromatic carbocycles. The zero-order valence-electron chi connectivity index (χ0n) is 13.2. The van der Waals surface area contributed by atoms with E-state index in [2.05, 4.69) is 44.2 Å². The van der Waals surface area contributed by atoms with Crippen molar-refractivity contribution in [3.63, 3.8) is 0 Å². The van der Waals surface area contributed by atoms with E-state index < -0.39 is 7.14 Å². The number of hydrogen-bond donors (Lipinski definition) is 1. The molecular weight excluding hydrogens is 397 g/mol. The van der Waals surface area contributed by atoms with E-state index in [4.69, 9.17) is 11.6 Å². The molecule has 2 aromatic rings. The van der Waals surface area contributed by atoms with Crippen LogP contribution in [0.15, 0.2) is 22.8 Å². The van der Waals surface area contributed by atoms with Crippen molar-refractivity contribution in [1.29, 1.82) is 0 Å². The largest absolute Gasteiger partial charge is 0.339 e. The minimum absolute atomic E-state index is 0.166. The van der Waals surface area contributed by atoms with E-state index in [0.29, 0.717) is 16.2 Å². The average Bonchev–Trinajstić information content (AvgIpc) is 3.26. The SMILES string of the molecule is Cc1c(C2CC2)ccc(Nc2nc(Cl)ncc2Br)c1P(C)(C)=O. The molecule has 1 saturated carbocycles. The average molecular weight is 415 g/mol. The zero-order chi connectivity index (χ0) is 16.8. The van der Waals surface area contributed by atoms with Crippen LogP contribution in [0.5, 0.6) is 0 Å². The summed E-state index contributed by atoms with van der Waals surface area (Å²) in [6.45, 7) is 5.67. The molecule has 0 saturated heterocycles. The van der Waals surface area contributed by atoms with Gasteiger partial charge in [-0.05, 0) is 83.7 Å². The highest BCUT2D eigenvalue weighted by Gasteiger charge is 2.29. The Labute approximate surface area is 149 Å². The Bertz CT molecular complexity index is 817. The molecule has 0 atom stereocenters. The number of halogens is 2. The van der Waals surface area contributed by atoms with Crippen molar-refractivity contribution in [2.45, 2.75) is 25.7 Å². The summed E-state index contributed by atoms with van der Waals surface area (Å²) in [5.41, 5.74) is 3.26. The van der Waals surface area contributed by atoms with Crippen LogP contribution in [0.25, 0.3) is 0 Å². The maximum absolute atomic E-state index is 12.9. The molecule has 4 nitrogen and oxygen atoms in total. The summed E-state index contributed by atoms with van der Waals surface area (Å²) in [6, 6.07) is 4.13. The second-order valence-electron chi connectivity index (χ2n) is 6.26. The van der Waals surface area contributed by atoms with E-state index in [1.165, 1.54) is 18.4 Å². The maximum atomic E-state index is 12.9. The number of anilines is 2. The molecule has 7 heteroatoms. The minimum Gasteiger partial charge on any atom is -0.339 e. The van der Waals surface area contributed by atoms with Gasteiger partial charge in [-0.15, -0.1) is 0 Å². The number of nitrogens with zero attached hydrogens (tertiary/aromatic N) is 2. The molecule has 1 aromatic heterocycles. The highest BCUT2D eigenvalue weighted by atomic mass is 79.9. The van der Waals surface area contributed by atoms with Crippen LogP contribution in [-0.4, -0.2) is 23.3 Å². The Balaban J connectivity index is 2.10. The first-order valence-corrected chi connectivity index (χ1v) is 11.2. The lowest BCUT2D eigenvalue weighted by molar-refractivity contribution is 0.588. The van der Waals surface area contributed by atoms with Gasteiger partial charge in [-0.2, -0.15) is 4.98 Å². The molecule has 0 radical (unpaired) electrons. The molecule has 0 spiro atoms. The van der Waals surface area contributed by atoms with E-state index >= 15 is 0 Å². The summed E-state index contributed by atoms with van der Waals surface area (Å²) in [4.78, 5) is 8.13. The number of rotatable bonds is 4. The quantitative estimate of drug-likeness (QED) is 0.560. The van der Waals surface area contributed by atoms with Crippen LogP contribution in [0.1, 0.15) is 29.9 Å². The maximum Gasteiger partial charge on any atom is 0.224 e. The molecule has 0 unspecified atom stereocenters. The van der Waals surface area contributed by atoms with E-state index in [9.17, 15) is 4.57 Å². The summed E-state index contributed by atoms with van der Waals surface area (Å²) in [5.74, 6) is 1.19. The van der Waals surface area contributed by atoms with Crippen molar-refractivity contribution in [2.75, 3.05) is 18.6 Å². The molecule has 0 aliphatic heterocycles. The Morgan fingerprint density at radius 1 is 1.35 bits per heavy atom. The lowest BCUT2D eigenvalue weighted by Crippen LogP contribution is -2.16. The molecule has 23 heavy (non-hydrogen) atoms. The van der Waals surface area contributed by atoms with Crippen LogP contribution < -0.4 is 10.6 Å². The second-order valence-corrected chi connectivity index (χ2v) is 10.6. The van der Waals surface area contributed by atoms with E-state index in [-0.39, 0.29) is 5.28 Å². The zero-order valence-corrected chi connectivity index (χ0v) is 16.5. The van der Waals surface area contributed by atoms with Gasteiger partial charge >= 0.3 is 0 Å². The van der Waals surface area contributed by atoms with Crippen LogP contribution in [0, 0.1) is 6.92 Å². The molecule has 3 rings (SSSR count). The minimum atomic E-state index is -2.45. The van der Waals surface area contributed by atoms with Crippen LogP contribution >= 0.6 is 34.7 Å². The van der Waals surface area contributed by atoms with Crippen molar-refractivity contribution < 1.29 is 4.57 Å². The molecular formula is C16H18BrClN3OP. The Morgan fingerprint density at radius 3 is 2.65 bits per heavy atom. The third kappa shape index (κ3) is 3.62. The van der Waals surface area contributed by atoms with Crippen molar-refractivity contribution in [3.05, 3.63) is 39.2 Å². The summed E-state index contributed by atoms with van der Waals surface area (Å²) in [7, 11) is -2.45. The van der Waals surface area contributed by atoms with Gasteiger partial charge in [-0.25, -0.2) is 4.98 Å². The third-order valence-electron chi connectivity index (χ3n) is 4.00. The van der Waals surface area contributed by atoms with Crippen LogP contribution in [-0.2, 0) is 4.57 Å². The highest BCUT2D eigenvalue weighted by molar-refractivity contribution is 9.10. The standard InChI is InChI=1S/C16H18BrClN3OP/c1-9-11(10-4-5-10)6-7-13(14(9)23(2,3)22)20-15-12(17)8-19-16(18)21-15/h6-8,10H,4-5H2,1-3H3,(H,19,20,21). The van der Waals surface area contributed by atoms with Gasteiger partial charge in [0.2, 0.25) is 5.28 Å². The fraction of sp³-hybridized carbons (Fsp3) is 0.375. The summed E-state index contributed by atoms with van der Waals surface area (Å²) in [5, 5.41) is 4.32. The lowest BCUT2D eigenvalue weighted by atomic mass is 10.0. The van der Waals surface area contributed by atoms with Crippen LogP contribution in [0.4, 0.5) is 11.5 Å². The number of hydrogen-bond acceptors (Lipinski definition) is 4. The van der Waals surface area contributed by atoms with E-state index in [1.807, 2.05) is 6.07 Å². The van der Waals surface area contributed by atoms with Gasteiger partial charge in [0, 0.05) is 11.5 Å². The summed E-state index contributed by atoms with van der Waals surface area (Å²) >= 11 is 9.30. The van der Waals surface area contributed by atoms with Gasteiger partial charge in [-0.1, -0.05) is 6.07 Å². The Kier molecular flexibility index (Phi) is 4.56. The van der Waals surface area contributed by atoms with Crippen LogP contribution in [0.3, 0.4) is 0 Å². The molecule has 0 amide bonds. The highest BCUT2D eigenvalue weighted by Crippen LogP contribution is 2.46. The predicted octanol–water partition coefficient (Wildman–Crippen LogP) is 5.07. The molecule has 0 bridgehead atoms. The molecule has 1 aliphatic carbocycles. The molecule has 1 aliphatic rings. The first-order valence-electron chi connectivity index (χ1n) is 7.41. The first-order chi connectivity index (χ1) is 10.8. The molecule has 122 valence electrons. The number of benzene rings is 1. The van der Waals surface area contributed by atoms with Crippen molar-refractivity contribution in [2.24, 2.45) is 0 Å². The first kappa shape index (κ1) is 16.9. The summed E-state index contributed by atoms with van der Waals surface area (Å²) < 4.78 is 13.6. The number of nitrogens with one attached hydrogen (secondary N) is 1.